The number of nitrogens with zero attached hydrogens (tertiary/aromatic N) is 3. The topological polar surface area (TPSA) is 47.1 Å². The van der Waals surface area contributed by atoms with Crippen LogP contribution in [0.25, 0.3) is 5.69 Å². The highest BCUT2D eigenvalue weighted by atomic mass is 35.5. The standard InChI is InChI=1S/C17H24N4.ClH/c1-14(18)15-6-5-10-20(12-15)13-17-19-9-11-21(17)16-7-3-2-4-8-16;/h2-4,7-9,11,14-15H,5-6,10,12-13,18H2,1H3;1H. The van der Waals surface area contributed by atoms with Gasteiger partial charge in [0.25, 0.3) is 0 Å². The van der Waals surface area contributed by atoms with Crippen molar-refractivity contribution >= 4 is 12.4 Å². The number of hydrogen-bond donors (Lipinski definition) is 1. The fourth-order valence-corrected chi connectivity index (χ4v) is 3.14. The Kier molecular flexibility index (Phi) is 6.00. The van der Waals surface area contributed by atoms with Gasteiger partial charge in [0.15, 0.2) is 0 Å². The third-order valence-corrected chi connectivity index (χ3v) is 4.40. The molecule has 2 atom stereocenters. The van der Waals surface area contributed by atoms with E-state index < -0.39 is 0 Å². The first kappa shape index (κ1) is 17.0. The molecule has 120 valence electrons. The zero-order chi connectivity index (χ0) is 14.7. The van der Waals surface area contributed by atoms with Gasteiger partial charge in [-0.15, -0.1) is 12.4 Å². The highest BCUT2D eigenvalue weighted by molar-refractivity contribution is 5.85. The lowest BCUT2D eigenvalue weighted by Gasteiger charge is -2.34. The molecule has 1 saturated heterocycles. The van der Waals surface area contributed by atoms with Crippen LogP contribution in [0.4, 0.5) is 0 Å². The number of para-hydroxylation sites is 1. The van der Waals surface area contributed by atoms with Crippen LogP contribution in [-0.4, -0.2) is 33.6 Å². The minimum Gasteiger partial charge on any atom is -0.328 e. The van der Waals surface area contributed by atoms with E-state index in [0.717, 1.165) is 25.5 Å². The summed E-state index contributed by atoms with van der Waals surface area (Å²) in [6.07, 6.45) is 6.41. The first-order valence-corrected chi connectivity index (χ1v) is 7.79. The van der Waals surface area contributed by atoms with Gasteiger partial charge in [-0.2, -0.15) is 0 Å². The molecule has 0 bridgehead atoms. The second kappa shape index (κ2) is 7.77. The van der Waals surface area contributed by atoms with Crippen LogP contribution in [0, 0.1) is 5.92 Å². The van der Waals surface area contributed by atoms with Crippen molar-refractivity contribution in [3.63, 3.8) is 0 Å². The molecule has 0 radical (unpaired) electrons. The molecule has 1 aromatic heterocycles. The van der Waals surface area contributed by atoms with Crippen LogP contribution < -0.4 is 5.73 Å². The van der Waals surface area contributed by atoms with E-state index in [1.807, 2.05) is 18.5 Å². The molecule has 0 aliphatic carbocycles. The van der Waals surface area contributed by atoms with E-state index in [1.54, 1.807) is 0 Å². The summed E-state index contributed by atoms with van der Waals surface area (Å²) in [6, 6.07) is 10.7. The van der Waals surface area contributed by atoms with Crippen LogP contribution in [0.15, 0.2) is 42.7 Å². The molecule has 0 saturated carbocycles. The number of likely N-dealkylation sites (tertiary alicyclic amines) is 1. The first-order valence-electron chi connectivity index (χ1n) is 7.79. The van der Waals surface area contributed by atoms with Crippen molar-refractivity contribution in [2.24, 2.45) is 11.7 Å². The molecule has 22 heavy (non-hydrogen) atoms. The average Bonchev–Trinajstić information content (AvgIpc) is 2.96. The highest BCUT2D eigenvalue weighted by Gasteiger charge is 2.23. The van der Waals surface area contributed by atoms with Crippen molar-refractivity contribution in [3.8, 4) is 5.69 Å². The smallest absolute Gasteiger partial charge is 0.127 e. The van der Waals surface area contributed by atoms with E-state index in [0.29, 0.717) is 5.92 Å². The fraction of sp³-hybridized carbons (Fsp3) is 0.471. The number of benzene rings is 1. The third-order valence-electron chi connectivity index (χ3n) is 4.40. The average molecular weight is 321 g/mol. The Morgan fingerprint density at radius 3 is 2.82 bits per heavy atom. The maximum Gasteiger partial charge on any atom is 0.127 e. The predicted octanol–water partition coefficient (Wildman–Crippen LogP) is 2.85. The van der Waals surface area contributed by atoms with Gasteiger partial charge in [-0.25, -0.2) is 4.98 Å². The van der Waals surface area contributed by atoms with E-state index in [4.69, 9.17) is 5.73 Å². The van der Waals surface area contributed by atoms with Crippen molar-refractivity contribution in [1.29, 1.82) is 0 Å². The summed E-state index contributed by atoms with van der Waals surface area (Å²) in [6.45, 7) is 5.24. The molecule has 3 rings (SSSR count). The fourth-order valence-electron chi connectivity index (χ4n) is 3.14. The van der Waals surface area contributed by atoms with Crippen molar-refractivity contribution in [3.05, 3.63) is 48.5 Å². The summed E-state index contributed by atoms with van der Waals surface area (Å²) in [5.74, 6) is 1.71. The van der Waals surface area contributed by atoms with E-state index in [9.17, 15) is 0 Å². The molecule has 1 aliphatic rings. The predicted molar refractivity (Wildman–Crippen MR) is 92.5 cm³/mol. The van der Waals surface area contributed by atoms with Crippen molar-refractivity contribution in [2.75, 3.05) is 13.1 Å². The third kappa shape index (κ3) is 3.88. The summed E-state index contributed by atoms with van der Waals surface area (Å²) >= 11 is 0. The Hall–Kier alpha value is -1.36. The molecule has 0 amide bonds. The Morgan fingerprint density at radius 2 is 2.09 bits per heavy atom. The highest BCUT2D eigenvalue weighted by Crippen LogP contribution is 2.21. The number of rotatable bonds is 4. The molecule has 4 nitrogen and oxygen atoms in total. The lowest BCUT2D eigenvalue weighted by atomic mass is 9.92. The summed E-state index contributed by atoms with van der Waals surface area (Å²) < 4.78 is 2.18. The molecule has 2 heterocycles. The molecule has 2 aromatic rings. The molecule has 0 spiro atoms. The Bertz CT molecular complexity index is 567. The van der Waals surface area contributed by atoms with Crippen molar-refractivity contribution in [1.82, 2.24) is 14.5 Å². The van der Waals surface area contributed by atoms with Crippen LogP contribution in [0.5, 0.6) is 0 Å². The van der Waals surface area contributed by atoms with Gasteiger partial charge in [-0.05, 0) is 44.4 Å². The monoisotopic (exact) mass is 320 g/mol. The maximum absolute atomic E-state index is 6.08. The molecule has 2 unspecified atom stereocenters. The zero-order valence-electron chi connectivity index (χ0n) is 13.1. The molecule has 2 N–H and O–H groups in total. The van der Waals surface area contributed by atoms with Crippen molar-refractivity contribution < 1.29 is 0 Å². The van der Waals surface area contributed by atoms with Crippen LogP contribution in [0.1, 0.15) is 25.6 Å². The number of halogens is 1. The quantitative estimate of drug-likeness (QED) is 0.942. The Balaban J connectivity index is 0.00000176. The SMILES string of the molecule is CC(N)C1CCCN(Cc2nccn2-c2ccccc2)C1.Cl. The number of piperidine rings is 1. The lowest BCUT2D eigenvalue weighted by molar-refractivity contribution is 0.150. The van der Waals surface area contributed by atoms with E-state index in [2.05, 4.69) is 45.6 Å². The molecule has 1 aliphatic heterocycles. The van der Waals surface area contributed by atoms with Gasteiger partial charge in [0.2, 0.25) is 0 Å². The lowest BCUT2D eigenvalue weighted by Crippen LogP contribution is -2.42. The van der Waals surface area contributed by atoms with Gasteiger partial charge < -0.3 is 10.3 Å². The van der Waals surface area contributed by atoms with E-state index in [1.165, 1.54) is 18.5 Å². The summed E-state index contributed by atoms with van der Waals surface area (Å²) in [4.78, 5) is 7.03. The second-order valence-electron chi connectivity index (χ2n) is 6.05. The van der Waals surface area contributed by atoms with Crippen LogP contribution in [-0.2, 0) is 6.54 Å². The minimum absolute atomic E-state index is 0. The van der Waals surface area contributed by atoms with Gasteiger partial charge in [-0.1, -0.05) is 18.2 Å². The number of hydrogen-bond acceptors (Lipinski definition) is 3. The Labute approximate surface area is 138 Å². The number of aromatic nitrogens is 2. The molecule has 5 heteroatoms. The van der Waals surface area contributed by atoms with Crippen LogP contribution in [0.3, 0.4) is 0 Å². The zero-order valence-corrected chi connectivity index (χ0v) is 13.9. The van der Waals surface area contributed by atoms with Gasteiger partial charge in [0.05, 0.1) is 6.54 Å². The van der Waals surface area contributed by atoms with Gasteiger partial charge >= 0.3 is 0 Å². The number of nitrogens with two attached hydrogens (primary N) is 1. The minimum atomic E-state index is 0. The molecule has 1 aromatic carbocycles. The molecule has 1 fully saturated rings. The largest absolute Gasteiger partial charge is 0.328 e. The van der Waals surface area contributed by atoms with Gasteiger partial charge in [0, 0.05) is 30.7 Å². The normalized spacial score (nSPS) is 20.4. The van der Waals surface area contributed by atoms with Crippen LogP contribution >= 0.6 is 12.4 Å². The van der Waals surface area contributed by atoms with E-state index >= 15 is 0 Å². The van der Waals surface area contributed by atoms with Crippen molar-refractivity contribution in [2.45, 2.75) is 32.4 Å². The summed E-state index contributed by atoms with van der Waals surface area (Å²) in [5, 5.41) is 0. The molecular formula is C17H25ClN4. The number of imidazole rings is 1. The second-order valence-corrected chi connectivity index (χ2v) is 6.05. The van der Waals surface area contributed by atoms with Gasteiger partial charge in [0.1, 0.15) is 5.82 Å². The molecular weight excluding hydrogens is 296 g/mol. The van der Waals surface area contributed by atoms with Gasteiger partial charge in [-0.3, -0.25) is 4.90 Å². The summed E-state index contributed by atoms with van der Waals surface area (Å²) in [7, 11) is 0. The Morgan fingerprint density at radius 1 is 1.32 bits per heavy atom. The van der Waals surface area contributed by atoms with E-state index in [-0.39, 0.29) is 18.4 Å². The maximum atomic E-state index is 6.08. The van der Waals surface area contributed by atoms with Crippen LogP contribution in [0.2, 0.25) is 0 Å². The first-order chi connectivity index (χ1) is 10.2. The summed E-state index contributed by atoms with van der Waals surface area (Å²) in [5.41, 5.74) is 7.25.